The van der Waals surface area contributed by atoms with Crippen LogP contribution in [0.3, 0.4) is 0 Å². The molecule has 1 aliphatic heterocycles. The molecule has 0 aromatic rings. The minimum absolute atomic E-state index is 0.0205. The van der Waals surface area contributed by atoms with Gasteiger partial charge in [-0.3, -0.25) is 4.79 Å². The van der Waals surface area contributed by atoms with Crippen LogP contribution in [-0.4, -0.2) is 23.9 Å². The van der Waals surface area contributed by atoms with Crippen molar-refractivity contribution < 1.29 is 4.79 Å². The van der Waals surface area contributed by atoms with E-state index in [-0.39, 0.29) is 5.92 Å². The number of carbonyl (C=O) groups excluding carboxylic acids is 1. The molecule has 2 heteroatoms. The van der Waals surface area contributed by atoms with Crippen LogP contribution in [0.25, 0.3) is 0 Å². The molecule has 0 aromatic heterocycles. The number of hydrogen-bond acceptors (Lipinski definition) is 1. The summed E-state index contributed by atoms with van der Waals surface area (Å²) in [5.74, 6) is 0.346. The molecule has 2 nitrogen and oxygen atoms in total. The van der Waals surface area contributed by atoms with Gasteiger partial charge in [0.2, 0.25) is 5.91 Å². The summed E-state index contributed by atoms with van der Waals surface area (Å²) in [6, 6.07) is 0. The van der Waals surface area contributed by atoms with Crippen LogP contribution in [0.15, 0.2) is 48.6 Å². The van der Waals surface area contributed by atoms with Crippen molar-refractivity contribution in [2.75, 3.05) is 13.1 Å². The number of piperidine rings is 1. The topological polar surface area (TPSA) is 20.3 Å². The van der Waals surface area contributed by atoms with Gasteiger partial charge in [0.25, 0.3) is 0 Å². The van der Waals surface area contributed by atoms with Crippen LogP contribution in [0.5, 0.6) is 0 Å². The summed E-state index contributed by atoms with van der Waals surface area (Å²) in [6.45, 7) is 13.7. The average molecular weight is 330 g/mol. The zero-order valence-electron chi connectivity index (χ0n) is 15.7. The summed E-state index contributed by atoms with van der Waals surface area (Å²) in [5, 5.41) is 0. The van der Waals surface area contributed by atoms with Crippen molar-refractivity contribution in [1.29, 1.82) is 0 Å². The van der Waals surface area contributed by atoms with Crippen LogP contribution >= 0.6 is 0 Å². The number of allylic oxidation sites excluding steroid dienone is 5. The van der Waals surface area contributed by atoms with Crippen molar-refractivity contribution >= 4 is 5.91 Å². The molecular weight excluding hydrogens is 294 g/mol. The van der Waals surface area contributed by atoms with E-state index in [1.807, 2.05) is 12.2 Å². The van der Waals surface area contributed by atoms with Gasteiger partial charge in [-0.15, -0.1) is 6.58 Å². The first-order chi connectivity index (χ1) is 11.6. The summed E-state index contributed by atoms with van der Waals surface area (Å²) in [6.07, 6.45) is 16.8. The van der Waals surface area contributed by atoms with Gasteiger partial charge in [-0.05, 0) is 57.4 Å². The minimum Gasteiger partial charge on any atom is -0.342 e. The van der Waals surface area contributed by atoms with Crippen LogP contribution in [0, 0.1) is 5.92 Å². The number of amides is 1. The fourth-order valence-corrected chi connectivity index (χ4v) is 3.20. The second kappa shape index (κ2) is 11.9. The predicted molar refractivity (Wildman–Crippen MR) is 105 cm³/mol. The van der Waals surface area contributed by atoms with Crippen molar-refractivity contribution in [2.24, 2.45) is 5.92 Å². The second-order valence-corrected chi connectivity index (χ2v) is 6.72. The molecule has 24 heavy (non-hydrogen) atoms. The van der Waals surface area contributed by atoms with Crippen LogP contribution in [0.4, 0.5) is 0 Å². The molecule has 1 heterocycles. The SMILES string of the molecule is C=CCCCCC(C(=O)N1CCCCC1)C(C)=CC=C(C=C)CC. The standard InChI is InChI=1S/C22H35NO/c1-5-8-9-11-14-21(19(4)15-16-20(6-2)7-3)22(24)23-17-12-10-13-18-23/h5-6,15-16,21H,1-2,7-14,17-18H2,3-4H3. The Morgan fingerprint density at radius 2 is 1.83 bits per heavy atom. The normalized spacial score (nSPS) is 17.5. The quantitative estimate of drug-likeness (QED) is 0.280. The smallest absolute Gasteiger partial charge is 0.229 e. The van der Waals surface area contributed by atoms with Crippen LogP contribution in [-0.2, 0) is 4.79 Å². The van der Waals surface area contributed by atoms with Gasteiger partial charge in [-0.2, -0.15) is 0 Å². The zero-order valence-corrected chi connectivity index (χ0v) is 15.7. The number of carbonyl (C=O) groups is 1. The van der Waals surface area contributed by atoms with Gasteiger partial charge in [0.1, 0.15) is 0 Å². The van der Waals surface area contributed by atoms with E-state index in [9.17, 15) is 4.79 Å². The highest BCUT2D eigenvalue weighted by Gasteiger charge is 2.26. The lowest BCUT2D eigenvalue weighted by atomic mass is 9.91. The summed E-state index contributed by atoms with van der Waals surface area (Å²) in [7, 11) is 0. The molecule has 1 amide bonds. The molecule has 1 rings (SSSR count). The number of hydrogen-bond donors (Lipinski definition) is 0. The molecule has 1 unspecified atom stereocenters. The van der Waals surface area contributed by atoms with E-state index < -0.39 is 0 Å². The molecule has 0 radical (unpaired) electrons. The first-order valence-electron chi connectivity index (χ1n) is 9.53. The molecule has 134 valence electrons. The lowest BCUT2D eigenvalue weighted by Gasteiger charge is -2.31. The Bertz CT molecular complexity index is 466. The molecule has 0 N–H and O–H groups in total. The monoisotopic (exact) mass is 329 g/mol. The van der Waals surface area contributed by atoms with Gasteiger partial charge in [0.15, 0.2) is 0 Å². The highest BCUT2D eigenvalue weighted by Crippen LogP contribution is 2.24. The molecular formula is C22H35NO. The van der Waals surface area contributed by atoms with Gasteiger partial charge in [0, 0.05) is 13.1 Å². The van der Waals surface area contributed by atoms with E-state index in [1.54, 1.807) is 0 Å². The van der Waals surface area contributed by atoms with E-state index in [4.69, 9.17) is 0 Å². The second-order valence-electron chi connectivity index (χ2n) is 6.72. The summed E-state index contributed by atoms with van der Waals surface area (Å²) >= 11 is 0. The van der Waals surface area contributed by atoms with Crippen LogP contribution in [0.2, 0.25) is 0 Å². The molecule has 0 saturated carbocycles. The Kier molecular flexibility index (Phi) is 10.1. The minimum atomic E-state index is 0.0205. The van der Waals surface area contributed by atoms with Crippen molar-refractivity contribution in [3.05, 3.63) is 48.6 Å². The lowest BCUT2D eigenvalue weighted by molar-refractivity contribution is -0.135. The van der Waals surface area contributed by atoms with E-state index in [0.29, 0.717) is 5.91 Å². The zero-order chi connectivity index (χ0) is 17.8. The number of likely N-dealkylation sites (tertiary alicyclic amines) is 1. The van der Waals surface area contributed by atoms with Crippen LogP contribution in [0.1, 0.15) is 65.2 Å². The Labute approximate surface area is 149 Å². The fourth-order valence-electron chi connectivity index (χ4n) is 3.20. The Morgan fingerprint density at radius 3 is 2.42 bits per heavy atom. The van der Waals surface area contributed by atoms with Gasteiger partial charge in [0.05, 0.1) is 5.92 Å². The summed E-state index contributed by atoms with van der Waals surface area (Å²) < 4.78 is 0. The maximum absolute atomic E-state index is 13.0. The fraction of sp³-hybridized carbons (Fsp3) is 0.591. The van der Waals surface area contributed by atoms with Crippen molar-refractivity contribution in [3.63, 3.8) is 0 Å². The third-order valence-electron chi connectivity index (χ3n) is 4.90. The highest BCUT2D eigenvalue weighted by atomic mass is 16.2. The van der Waals surface area contributed by atoms with E-state index in [1.165, 1.54) is 17.6 Å². The first kappa shape index (κ1) is 20.5. The molecule has 0 aromatic carbocycles. The molecule has 1 atom stereocenters. The molecule has 1 aliphatic rings. The van der Waals surface area contributed by atoms with E-state index in [2.05, 4.69) is 44.1 Å². The maximum Gasteiger partial charge on any atom is 0.229 e. The van der Waals surface area contributed by atoms with Crippen LogP contribution < -0.4 is 0 Å². The predicted octanol–water partition coefficient (Wildman–Crippen LogP) is 5.83. The molecule has 0 bridgehead atoms. The Balaban J connectivity index is 2.83. The summed E-state index contributed by atoms with van der Waals surface area (Å²) in [4.78, 5) is 15.1. The van der Waals surface area contributed by atoms with E-state index >= 15 is 0 Å². The third-order valence-corrected chi connectivity index (χ3v) is 4.90. The molecule has 0 aliphatic carbocycles. The molecule has 1 saturated heterocycles. The maximum atomic E-state index is 13.0. The van der Waals surface area contributed by atoms with Gasteiger partial charge in [-0.25, -0.2) is 0 Å². The van der Waals surface area contributed by atoms with Gasteiger partial charge >= 0.3 is 0 Å². The Morgan fingerprint density at radius 1 is 1.12 bits per heavy atom. The first-order valence-corrected chi connectivity index (χ1v) is 9.53. The van der Waals surface area contributed by atoms with Crippen molar-refractivity contribution in [3.8, 4) is 0 Å². The highest BCUT2D eigenvalue weighted by molar-refractivity contribution is 5.81. The van der Waals surface area contributed by atoms with E-state index in [0.717, 1.165) is 58.0 Å². The van der Waals surface area contributed by atoms with Gasteiger partial charge < -0.3 is 4.90 Å². The van der Waals surface area contributed by atoms with Gasteiger partial charge in [-0.1, -0.05) is 49.8 Å². The lowest BCUT2D eigenvalue weighted by Crippen LogP contribution is -2.40. The number of rotatable bonds is 10. The third kappa shape index (κ3) is 6.90. The van der Waals surface area contributed by atoms with Crippen molar-refractivity contribution in [1.82, 2.24) is 4.90 Å². The Hall–Kier alpha value is -1.57. The average Bonchev–Trinajstić information content (AvgIpc) is 2.62. The number of nitrogens with zero attached hydrogens (tertiary/aromatic N) is 1. The summed E-state index contributed by atoms with van der Waals surface area (Å²) in [5.41, 5.74) is 2.39. The number of unbranched alkanes of at least 4 members (excludes halogenated alkanes) is 2. The van der Waals surface area contributed by atoms with Crippen molar-refractivity contribution in [2.45, 2.75) is 65.2 Å². The largest absolute Gasteiger partial charge is 0.342 e. The molecule has 1 fully saturated rings. The molecule has 0 spiro atoms.